The molecule has 0 saturated carbocycles. The van der Waals surface area contributed by atoms with Gasteiger partial charge < -0.3 is 10.4 Å². The van der Waals surface area contributed by atoms with Gasteiger partial charge in [0.05, 0.1) is 5.56 Å². The summed E-state index contributed by atoms with van der Waals surface area (Å²) in [5, 5.41) is 12.0. The summed E-state index contributed by atoms with van der Waals surface area (Å²) >= 11 is 3.19. The first-order chi connectivity index (χ1) is 9.48. The Morgan fingerprint density at radius 1 is 1.40 bits per heavy atom. The molecule has 0 aromatic heterocycles. The van der Waals surface area contributed by atoms with E-state index in [4.69, 9.17) is 5.11 Å². The van der Waals surface area contributed by atoms with E-state index in [-0.39, 0.29) is 23.7 Å². The zero-order valence-electron chi connectivity index (χ0n) is 11.9. The van der Waals surface area contributed by atoms with Crippen LogP contribution in [0.3, 0.4) is 0 Å². The lowest BCUT2D eigenvalue weighted by atomic mass is 9.79. The van der Waals surface area contributed by atoms with Crippen LogP contribution in [0.25, 0.3) is 0 Å². The smallest absolute Gasteiger partial charge is 0.252 e. The average Bonchev–Trinajstić information content (AvgIpc) is 2.43. The van der Waals surface area contributed by atoms with Crippen molar-refractivity contribution < 1.29 is 14.3 Å². The molecule has 0 aliphatic carbocycles. The normalized spacial score (nSPS) is 11.4. The summed E-state index contributed by atoms with van der Waals surface area (Å²) in [5.41, 5.74) is 0.327. The molecule has 0 fully saturated rings. The molecule has 2 N–H and O–H groups in total. The zero-order chi connectivity index (χ0) is 15.2. The standard InChI is InChI=1S/C15H21BrFNO2/c1-3-15(4-2,7-8-19)10-18-14(20)12-6-5-11(17)9-13(12)16/h5-6,9,19H,3-4,7-8,10H2,1-2H3,(H,18,20). The number of hydrogen-bond donors (Lipinski definition) is 2. The van der Waals surface area contributed by atoms with Gasteiger partial charge in [0.2, 0.25) is 0 Å². The molecule has 0 heterocycles. The van der Waals surface area contributed by atoms with Crippen molar-refractivity contribution in [1.29, 1.82) is 0 Å². The van der Waals surface area contributed by atoms with E-state index in [2.05, 4.69) is 35.1 Å². The molecule has 20 heavy (non-hydrogen) atoms. The van der Waals surface area contributed by atoms with E-state index in [9.17, 15) is 9.18 Å². The van der Waals surface area contributed by atoms with E-state index in [1.54, 1.807) is 0 Å². The van der Waals surface area contributed by atoms with E-state index in [0.717, 1.165) is 12.8 Å². The summed E-state index contributed by atoms with van der Waals surface area (Å²) in [6.07, 6.45) is 2.43. The van der Waals surface area contributed by atoms with Crippen molar-refractivity contribution >= 4 is 21.8 Å². The average molecular weight is 346 g/mol. The Morgan fingerprint density at radius 2 is 2.05 bits per heavy atom. The monoisotopic (exact) mass is 345 g/mol. The van der Waals surface area contributed by atoms with E-state index >= 15 is 0 Å². The Hall–Kier alpha value is -0.940. The lowest BCUT2D eigenvalue weighted by molar-refractivity contribution is 0.0906. The van der Waals surface area contributed by atoms with Crippen molar-refractivity contribution in [3.63, 3.8) is 0 Å². The molecule has 0 bridgehead atoms. The van der Waals surface area contributed by atoms with Gasteiger partial charge in [0, 0.05) is 17.6 Å². The molecule has 1 amide bonds. The first-order valence-electron chi connectivity index (χ1n) is 6.82. The number of carbonyl (C=O) groups is 1. The van der Waals surface area contributed by atoms with Gasteiger partial charge in [0.25, 0.3) is 5.91 Å². The molecular formula is C15H21BrFNO2. The van der Waals surface area contributed by atoms with Crippen LogP contribution in [0.1, 0.15) is 43.5 Å². The predicted octanol–water partition coefficient (Wildman–Crippen LogP) is 3.51. The fraction of sp³-hybridized carbons (Fsp3) is 0.533. The zero-order valence-corrected chi connectivity index (χ0v) is 13.5. The van der Waals surface area contributed by atoms with Crippen LogP contribution in [0.2, 0.25) is 0 Å². The Labute approximate surface area is 127 Å². The third kappa shape index (κ3) is 4.28. The second-order valence-electron chi connectivity index (χ2n) is 4.99. The molecule has 112 valence electrons. The third-order valence-corrected chi connectivity index (χ3v) is 4.60. The number of hydrogen-bond acceptors (Lipinski definition) is 2. The Balaban J connectivity index is 2.75. The predicted molar refractivity (Wildman–Crippen MR) is 81.2 cm³/mol. The van der Waals surface area contributed by atoms with Gasteiger partial charge in [-0.1, -0.05) is 13.8 Å². The van der Waals surface area contributed by atoms with Crippen LogP contribution in [-0.4, -0.2) is 24.2 Å². The van der Waals surface area contributed by atoms with Gasteiger partial charge in [0.15, 0.2) is 0 Å². The SMILES string of the molecule is CCC(CC)(CCO)CNC(=O)c1ccc(F)cc1Br. The van der Waals surface area contributed by atoms with Crippen LogP contribution < -0.4 is 5.32 Å². The highest BCUT2D eigenvalue weighted by Gasteiger charge is 2.26. The van der Waals surface area contributed by atoms with Gasteiger partial charge in [-0.2, -0.15) is 0 Å². The van der Waals surface area contributed by atoms with Crippen molar-refractivity contribution in [2.45, 2.75) is 33.1 Å². The molecule has 1 aromatic rings. The number of aliphatic hydroxyl groups is 1. The summed E-state index contributed by atoms with van der Waals surface area (Å²) in [4.78, 5) is 12.1. The number of benzene rings is 1. The lowest BCUT2D eigenvalue weighted by Crippen LogP contribution is -2.37. The molecule has 0 unspecified atom stereocenters. The second-order valence-corrected chi connectivity index (χ2v) is 5.84. The fourth-order valence-corrected chi connectivity index (χ4v) is 2.75. The van der Waals surface area contributed by atoms with Gasteiger partial charge in [-0.05, 0) is 58.8 Å². The molecule has 0 radical (unpaired) electrons. The largest absolute Gasteiger partial charge is 0.396 e. The summed E-state index contributed by atoms with van der Waals surface area (Å²) < 4.78 is 13.4. The van der Waals surface area contributed by atoms with Crippen molar-refractivity contribution in [2.24, 2.45) is 5.41 Å². The quantitative estimate of drug-likeness (QED) is 0.794. The maximum atomic E-state index is 13.0. The maximum absolute atomic E-state index is 13.0. The minimum Gasteiger partial charge on any atom is -0.396 e. The fourth-order valence-electron chi connectivity index (χ4n) is 2.22. The van der Waals surface area contributed by atoms with Crippen LogP contribution in [0.4, 0.5) is 4.39 Å². The van der Waals surface area contributed by atoms with Crippen LogP contribution in [0.5, 0.6) is 0 Å². The number of nitrogens with one attached hydrogen (secondary N) is 1. The van der Waals surface area contributed by atoms with Crippen LogP contribution in [0.15, 0.2) is 22.7 Å². The molecule has 1 aromatic carbocycles. The molecule has 0 aliphatic rings. The van der Waals surface area contributed by atoms with Gasteiger partial charge in [-0.25, -0.2) is 4.39 Å². The van der Waals surface area contributed by atoms with Gasteiger partial charge in [-0.15, -0.1) is 0 Å². The lowest BCUT2D eigenvalue weighted by Gasteiger charge is -2.31. The summed E-state index contributed by atoms with van der Waals surface area (Å²) in [7, 11) is 0. The van der Waals surface area contributed by atoms with E-state index in [0.29, 0.717) is 23.0 Å². The minimum absolute atomic E-state index is 0.0864. The molecule has 0 aliphatic heterocycles. The minimum atomic E-state index is -0.384. The van der Waals surface area contributed by atoms with Gasteiger partial charge in [-0.3, -0.25) is 4.79 Å². The van der Waals surface area contributed by atoms with Gasteiger partial charge in [0.1, 0.15) is 5.82 Å². The number of amides is 1. The number of rotatable bonds is 7. The van der Waals surface area contributed by atoms with Crippen LogP contribution in [0, 0.1) is 11.2 Å². The van der Waals surface area contributed by atoms with Crippen LogP contribution >= 0.6 is 15.9 Å². The molecule has 3 nitrogen and oxygen atoms in total. The summed E-state index contributed by atoms with van der Waals surface area (Å²) in [6, 6.07) is 4.00. The second kappa shape index (κ2) is 7.74. The first kappa shape index (κ1) is 17.1. The molecule has 1 rings (SSSR count). The first-order valence-corrected chi connectivity index (χ1v) is 7.61. The topological polar surface area (TPSA) is 49.3 Å². The van der Waals surface area contributed by atoms with E-state index in [1.165, 1.54) is 18.2 Å². The highest BCUT2D eigenvalue weighted by Crippen LogP contribution is 2.29. The number of carbonyl (C=O) groups excluding carboxylic acids is 1. The molecule has 0 atom stereocenters. The highest BCUT2D eigenvalue weighted by atomic mass is 79.9. The summed E-state index contributed by atoms with van der Waals surface area (Å²) in [5.74, 6) is -0.619. The van der Waals surface area contributed by atoms with E-state index < -0.39 is 0 Å². The van der Waals surface area contributed by atoms with E-state index in [1.807, 2.05) is 0 Å². The molecule has 0 saturated heterocycles. The molecule has 5 heteroatoms. The van der Waals surface area contributed by atoms with Crippen molar-refractivity contribution in [3.05, 3.63) is 34.1 Å². The van der Waals surface area contributed by atoms with Crippen molar-refractivity contribution in [2.75, 3.05) is 13.2 Å². The number of aliphatic hydroxyl groups excluding tert-OH is 1. The summed E-state index contributed by atoms with van der Waals surface area (Å²) in [6.45, 7) is 4.72. The Bertz CT molecular complexity index is 461. The van der Waals surface area contributed by atoms with Gasteiger partial charge >= 0.3 is 0 Å². The molecular weight excluding hydrogens is 325 g/mol. The third-order valence-electron chi connectivity index (χ3n) is 3.94. The van der Waals surface area contributed by atoms with Crippen molar-refractivity contribution in [1.82, 2.24) is 5.32 Å². The van der Waals surface area contributed by atoms with Crippen LogP contribution in [-0.2, 0) is 0 Å². The number of halogens is 2. The van der Waals surface area contributed by atoms with Crippen molar-refractivity contribution in [3.8, 4) is 0 Å². The highest BCUT2D eigenvalue weighted by molar-refractivity contribution is 9.10. The molecule has 0 spiro atoms. The Morgan fingerprint density at radius 3 is 2.55 bits per heavy atom. The Kier molecular flexibility index (Phi) is 6.62. The maximum Gasteiger partial charge on any atom is 0.252 e.